The first-order valence-electron chi connectivity index (χ1n) is 8.53. The number of aromatic nitrogens is 2. The first kappa shape index (κ1) is 19.2. The van der Waals surface area contributed by atoms with E-state index in [0.29, 0.717) is 5.75 Å². The van der Waals surface area contributed by atoms with Gasteiger partial charge in [0.25, 0.3) is 0 Å². The minimum Gasteiger partial charge on any atom is -0.349 e. The zero-order valence-corrected chi connectivity index (χ0v) is 17.2. The van der Waals surface area contributed by atoms with E-state index in [1.165, 1.54) is 22.5 Å². The van der Waals surface area contributed by atoms with Crippen LogP contribution in [0.3, 0.4) is 0 Å². The van der Waals surface area contributed by atoms with Gasteiger partial charge in [0.05, 0.1) is 11.8 Å². The summed E-state index contributed by atoms with van der Waals surface area (Å²) in [6.45, 7) is 4.17. The Morgan fingerprint density at radius 1 is 1.12 bits per heavy atom. The summed E-state index contributed by atoms with van der Waals surface area (Å²) in [5.41, 5.74) is 1.13. The molecular weight excluding hydrogens is 382 g/mol. The molecule has 2 aromatic carbocycles. The van der Waals surface area contributed by atoms with Crippen molar-refractivity contribution in [1.29, 1.82) is 0 Å². The molecule has 1 atom stereocenters. The number of hydrogen-bond acceptors (Lipinski definition) is 6. The lowest BCUT2D eigenvalue weighted by Crippen LogP contribution is -2.28. The molecule has 0 radical (unpaired) electrons. The summed E-state index contributed by atoms with van der Waals surface area (Å²) in [6.07, 6.45) is 1.11. The number of fused-ring (bicyclic) bond motifs is 1. The molecule has 0 aliphatic carbocycles. The average Bonchev–Trinajstić information content (AvgIpc) is 3.12. The SMILES string of the molecule is CCCSc1nnc(SCC(=O)N[C@H](C)c2cccc3ccccc23)s1. The molecule has 7 heteroatoms. The van der Waals surface area contributed by atoms with E-state index in [4.69, 9.17) is 0 Å². The lowest BCUT2D eigenvalue weighted by Gasteiger charge is -2.16. The van der Waals surface area contributed by atoms with Gasteiger partial charge in [-0.15, -0.1) is 10.2 Å². The molecule has 0 saturated carbocycles. The highest BCUT2D eigenvalue weighted by Crippen LogP contribution is 2.29. The lowest BCUT2D eigenvalue weighted by atomic mass is 10.00. The smallest absolute Gasteiger partial charge is 0.230 e. The summed E-state index contributed by atoms with van der Waals surface area (Å²) in [4.78, 5) is 12.3. The number of nitrogens with zero attached hydrogens (tertiary/aromatic N) is 2. The second kappa shape index (κ2) is 9.39. The van der Waals surface area contributed by atoms with Crippen LogP contribution in [0, 0.1) is 0 Å². The van der Waals surface area contributed by atoms with Crippen LogP contribution in [0.4, 0.5) is 0 Å². The third-order valence-corrected chi connectivity index (χ3v) is 7.21. The normalized spacial score (nSPS) is 12.2. The van der Waals surface area contributed by atoms with Gasteiger partial charge in [-0.05, 0) is 29.7 Å². The van der Waals surface area contributed by atoms with Crippen molar-refractivity contribution in [2.24, 2.45) is 0 Å². The summed E-state index contributed by atoms with van der Waals surface area (Å²) < 4.78 is 1.82. The van der Waals surface area contributed by atoms with Crippen molar-refractivity contribution >= 4 is 51.5 Å². The average molecular weight is 404 g/mol. The Kier molecular flexibility index (Phi) is 6.93. The van der Waals surface area contributed by atoms with Gasteiger partial charge >= 0.3 is 0 Å². The fourth-order valence-corrected chi connectivity index (χ4v) is 5.38. The minimum atomic E-state index is -0.0423. The van der Waals surface area contributed by atoms with Gasteiger partial charge in [0.2, 0.25) is 5.91 Å². The molecule has 1 amide bonds. The highest BCUT2D eigenvalue weighted by molar-refractivity contribution is 8.03. The van der Waals surface area contributed by atoms with Crippen molar-refractivity contribution in [3.05, 3.63) is 48.0 Å². The van der Waals surface area contributed by atoms with Gasteiger partial charge in [-0.25, -0.2) is 0 Å². The number of amides is 1. The maximum Gasteiger partial charge on any atom is 0.230 e. The molecule has 1 aromatic heterocycles. The van der Waals surface area contributed by atoms with Crippen LogP contribution in [0.1, 0.15) is 31.9 Å². The molecule has 4 nitrogen and oxygen atoms in total. The van der Waals surface area contributed by atoms with E-state index in [-0.39, 0.29) is 11.9 Å². The van der Waals surface area contributed by atoms with E-state index < -0.39 is 0 Å². The highest BCUT2D eigenvalue weighted by atomic mass is 32.2. The van der Waals surface area contributed by atoms with Crippen molar-refractivity contribution in [2.45, 2.75) is 35.0 Å². The topological polar surface area (TPSA) is 54.9 Å². The quantitative estimate of drug-likeness (QED) is 0.526. The standard InChI is InChI=1S/C19H21N3OS3/c1-3-11-24-18-21-22-19(26-18)25-12-17(23)20-13(2)15-10-6-8-14-7-4-5-9-16(14)15/h4-10,13H,3,11-12H2,1-2H3,(H,20,23)/t13-/m1/s1. The number of nitrogens with one attached hydrogen (secondary N) is 1. The van der Waals surface area contributed by atoms with Crippen molar-refractivity contribution < 1.29 is 4.79 Å². The minimum absolute atomic E-state index is 0.00777. The van der Waals surface area contributed by atoms with Crippen LogP contribution in [0.5, 0.6) is 0 Å². The van der Waals surface area contributed by atoms with Crippen LogP contribution in [-0.2, 0) is 4.79 Å². The predicted octanol–water partition coefficient (Wildman–Crippen LogP) is 5.16. The molecule has 26 heavy (non-hydrogen) atoms. The number of hydrogen-bond donors (Lipinski definition) is 1. The molecule has 0 fully saturated rings. The second-order valence-electron chi connectivity index (χ2n) is 5.83. The molecule has 0 bridgehead atoms. The molecule has 1 N–H and O–H groups in total. The van der Waals surface area contributed by atoms with Gasteiger partial charge in [0, 0.05) is 5.75 Å². The van der Waals surface area contributed by atoms with Crippen molar-refractivity contribution in [2.75, 3.05) is 11.5 Å². The van der Waals surface area contributed by atoms with Crippen LogP contribution in [0.15, 0.2) is 51.1 Å². The fraction of sp³-hybridized carbons (Fsp3) is 0.316. The zero-order valence-electron chi connectivity index (χ0n) is 14.8. The Labute approximate surface area is 166 Å². The van der Waals surface area contributed by atoms with E-state index in [1.54, 1.807) is 23.1 Å². The Bertz CT molecular complexity index is 876. The fourth-order valence-electron chi connectivity index (χ4n) is 2.62. The summed E-state index contributed by atoms with van der Waals surface area (Å²) >= 11 is 4.71. The van der Waals surface area contributed by atoms with Gasteiger partial charge in [-0.1, -0.05) is 84.2 Å². The van der Waals surface area contributed by atoms with Crippen LogP contribution in [0.2, 0.25) is 0 Å². The Morgan fingerprint density at radius 2 is 1.85 bits per heavy atom. The maximum atomic E-state index is 12.3. The van der Waals surface area contributed by atoms with E-state index in [9.17, 15) is 4.79 Å². The van der Waals surface area contributed by atoms with Crippen LogP contribution in [0.25, 0.3) is 10.8 Å². The summed E-state index contributed by atoms with van der Waals surface area (Å²) in [6, 6.07) is 14.4. The van der Waals surface area contributed by atoms with Gasteiger partial charge in [-0.2, -0.15) is 0 Å². The summed E-state index contributed by atoms with van der Waals surface area (Å²) in [5, 5.41) is 13.8. The van der Waals surface area contributed by atoms with Gasteiger partial charge in [0.15, 0.2) is 8.68 Å². The highest BCUT2D eigenvalue weighted by Gasteiger charge is 2.13. The van der Waals surface area contributed by atoms with Gasteiger partial charge < -0.3 is 5.32 Å². The molecule has 136 valence electrons. The first-order valence-corrected chi connectivity index (χ1v) is 11.3. The monoisotopic (exact) mass is 403 g/mol. The van der Waals surface area contributed by atoms with E-state index in [2.05, 4.69) is 46.7 Å². The summed E-state index contributed by atoms with van der Waals surface area (Å²) in [7, 11) is 0. The lowest BCUT2D eigenvalue weighted by molar-refractivity contribution is -0.119. The van der Waals surface area contributed by atoms with E-state index >= 15 is 0 Å². The Hall–Kier alpha value is -1.57. The van der Waals surface area contributed by atoms with Crippen LogP contribution >= 0.6 is 34.9 Å². The van der Waals surface area contributed by atoms with Crippen molar-refractivity contribution in [3.8, 4) is 0 Å². The molecule has 0 unspecified atom stereocenters. The van der Waals surface area contributed by atoms with E-state index in [0.717, 1.165) is 26.4 Å². The number of carbonyl (C=O) groups excluding carboxylic acids is 1. The molecule has 3 aromatic rings. The first-order chi connectivity index (χ1) is 12.7. The number of thioether (sulfide) groups is 2. The van der Waals surface area contributed by atoms with E-state index in [1.807, 2.05) is 25.1 Å². The maximum absolute atomic E-state index is 12.3. The number of carbonyl (C=O) groups is 1. The molecule has 0 aliphatic heterocycles. The van der Waals surface area contributed by atoms with Gasteiger partial charge in [0.1, 0.15) is 0 Å². The predicted molar refractivity (Wildman–Crippen MR) is 112 cm³/mol. The third-order valence-electron chi connectivity index (χ3n) is 3.81. The summed E-state index contributed by atoms with van der Waals surface area (Å²) in [5.74, 6) is 1.40. The van der Waals surface area contributed by atoms with Crippen molar-refractivity contribution in [3.63, 3.8) is 0 Å². The largest absolute Gasteiger partial charge is 0.349 e. The zero-order chi connectivity index (χ0) is 18.4. The molecule has 0 spiro atoms. The number of rotatable bonds is 8. The third kappa shape index (κ3) is 4.99. The Morgan fingerprint density at radius 3 is 2.65 bits per heavy atom. The van der Waals surface area contributed by atoms with Crippen molar-refractivity contribution in [1.82, 2.24) is 15.5 Å². The molecular formula is C19H21N3OS3. The molecule has 0 aliphatic rings. The Balaban J connectivity index is 1.56. The number of benzene rings is 2. The second-order valence-corrected chi connectivity index (χ2v) is 9.37. The molecule has 0 saturated heterocycles. The van der Waals surface area contributed by atoms with Gasteiger partial charge in [-0.3, -0.25) is 4.79 Å². The van der Waals surface area contributed by atoms with Crippen LogP contribution in [-0.4, -0.2) is 27.6 Å². The molecule has 1 heterocycles. The molecule has 3 rings (SSSR count). The van der Waals surface area contributed by atoms with Crippen LogP contribution < -0.4 is 5.32 Å².